The first kappa shape index (κ1) is 29.6. The van der Waals surface area contributed by atoms with Crippen LogP contribution in [-0.4, -0.2) is 68.6 Å². The second-order valence-electron chi connectivity index (χ2n) is 7.86. The molecule has 0 aromatic carbocycles. The van der Waals surface area contributed by atoms with Crippen LogP contribution in [0.25, 0.3) is 0 Å². The number of nitrogens with one attached hydrogen (secondary N) is 3. The number of amides is 2. The molecule has 9 N–H and O–H groups in total. The molecule has 0 bridgehead atoms. The van der Waals surface area contributed by atoms with E-state index < -0.39 is 12.1 Å². The van der Waals surface area contributed by atoms with Crippen LogP contribution in [-0.2, 0) is 19.1 Å². The summed E-state index contributed by atoms with van der Waals surface area (Å²) in [5.41, 5.74) is 16.0. The average molecular weight is 458 g/mol. The lowest BCUT2D eigenvalue weighted by molar-refractivity contribution is -0.148. The third-order valence-electron chi connectivity index (χ3n) is 4.53. The highest BCUT2D eigenvalue weighted by Crippen LogP contribution is 2.10. The minimum Gasteiger partial charge on any atom is -0.462 e. The summed E-state index contributed by atoms with van der Waals surface area (Å²) >= 11 is 0. The highest BCUT2D eigenvalue weighted by atomic mass is 16.5. The zero-order chi connectivity index (χ0) is 24.2. The van der Waals surface area contributed by atoms with Gasteiger partial charge in [-0.1, -0.05) is 0 Å². The Kier molecular flexibility index (Phi) is 17.9. The molecule has 0 saturated heterocycles. The van der Waals surface area contributed by atoms with Gasteiger partial charge in [0.1, 0.15) is 6.10 Å². The number of hydrogen-bond donors (Lipinski definition) is 6. The molecule has 0 rings (SSSR count). The van der Waals surface area contributed by atoms with Gasteiger partial charge in [0.15, 0.2) is 5.96 Å². The molecule has 186 valence electrons. The van der Waals surface area contributed by atoms with Crippen LogP contribution in [0.3, 0.4) is 0 Å². The van der Waals surface area contributed by atoms with E-state index >= 15 is 0 Å². The summed E-state index contributed by atoms with van der Waals surface area (Å²) in [5, 5.41) is 8.95. The molecule has 0 aliphatic rings. The molecule has 0 aliphatic heterocycles. The number of rotatable bonds is 19. The van der Waals surface area contributed by atoms with Gasteiger partial charge < -0.3 is 37.9 Å². The molecule has 0 fully saturated rings. The van der Waals surface area contributed by atoms with Crippen molar-refractivity contribution in [2.75, 3.05) is 32.7 Å². The first-order valence-electron chi connectivity index (χ1n) is 11.4. The SMILES string of the molecule is CC(=O)OC(CCCCN=C(N)N)CC(=O)NC(C)CC(=O)NCCCCNCCCN. The zero-order valence-corrected chi connectivity index (χ0v) is 19.7. The Labute approximate surface area is 191 Å². The van der Waals surface area contributed by atoms with E-state index in [-0.39, 0.29) is 36.7 Å². The van der Waals surface area contributed by atoms with E-state index in [2.05, 4.69) is 20.9 Å². The summed E-state index contributed by atoms with van der Waals surface area (Å²) in [6, 6.07) is -0.319. The van der Waals surface area contributed by atoms with Gasteiger partial charge in [-0.15, -0.1) is 0 Å². The molecule has 11 nitrogen and oxygen atoms in total. The van der Waals surface area contributed by atoms with Crippen LogP contribution in [0.2, 0.25) is 0 Å². The van der Waals surface area contributed by atoms with E-state index in [0.29, 0.717) is 32.5 Å². The molecule has 0 aromatic heterocycles. The monoisotopic (exact) mass is 457 g/mol. The molecule has 2 unspecified atom stereocenters. The first-order chi connectivity index (χ1) is 15.2. The maximum atomic E-state index is 12.3. The van der Waals surface area contributed by atoms with Gasteiger partial charge in [-0.2, -0.15) is 0 Å². The van der Waals surface area contributed by atoms with Gasteiger partial charge in [0.2, 0.25) is 11.8 Å². The summed E-state index contributed by atoms with van der Waals surface area (Å²) in [6.07, 6.45) is 4.49. The fourth-order valence-electron chi connectivity index (χ4n) is 3.03. The predicted octanol–water partition coefficient (Wildman–Crippen LogP) is -0.518. The maximum absolute atomic E-state index is 12.3. The van der Waals surface area contributed by atoms with Gasteiger partial charge in [0.05, 0.1) is 6.42 Å². The van der Waals surface area contributed by atoms with E-state index in [0.717, 1.165) is 38.8 Å². The van der Waals surface area contributed by atoms with Crippen molar-refractivity contribution in [2.24, 2.45) is 22.2 Å². The summed E-state index contributed by atoms with van der Waals surface area (Å²) in [7, 11) is 0. The first-order valence-corrected chi connectivity index (χ1v) is 11.4. The van der Waals surface area contributed by atoms with Crippen molar-refractivity contribution in [3.63, 3.8) is 0 Å². The number of nitrogens with zero attached hydrogens (tertiary/aromatic N) is 1. The maximum Gasteiger partial charge on any atom is 0.302 e. The fraction of sp³-hybridized carbons (Fsp3) is 0.810. The molecule has 2 amide bonds. The van der Waals surface area contributed by atoms with Crippen molar-refractivity contribution >= 4 is 23.7 Å². The molecule has 0 aliphatic carbocycles. The van der Waals surface area contributed by atoms with Gasteiger partial charge in [-0.05, 0) is 65.1 Å². The van der Waals surface area contributed by atoms with E-state index in [9.17, 15) is 14.4 Å². The average Bonchev–Trinajstić information content (AvgIpc) is 2.68. The van der Waals surface area contributed by atoms with Crippen LogP contribution < -0.4 is 33.2 Å². The smallest absolute Gasteiger partial charge is 0.302 e. The third-order valence-corrected chi connectivity index (χ3v) is 4.53. The van der Waals surface area contributed by atoms with Crippen LogP contribution in [0.5, 0.6) is 0 Å². The Hall–Kier alpha value is -2.40. The molecular weight excluding hydrogens is 414 g/mol. The quantitative estimate of drug-likeness (QED) is 0.0647. The van der Waals surface area contributed by atoms with Crippen molar-refractivity contribution in [1.29, 1.82) is 0 Å². The highest BCUT2D eigenvalue weighted by molar-refractivity contribution is 5.80. The number of esters is 1. The standard InChI is InChI=1S/C21H43N7O4/c1-16(14-19(30)26-12-6-5-10-25-11-7-9-22)28-20(31)15-18(32-17(2)29)8-3-4-13-27-21(23)24/h16,18,25H,3-15,22H2,1-2H3,(H,26,30)(H,28,31)(H4,23,24,27). The number of ether oxygens (including phenoxy) is 1. The van der Waals surface area contributed by atoms with Crippen molar-refractivity contribution < 1.29 is 19.1 Å². The Morgan fingerprint density at radius 3 is 2.28 bits per heavy atom. The molecule has 2 atom stereocenters. The summed E-state index contributed by atoms with van der Waals surface area (Å²) < 4.78 is 5.24. The molecule has 32 heavy (non-hydrogen) atoms. The number of guanidine groups is 1. The summed E-state index contributed by atoms with van der Waals surface area (Å²) in [5.74, 6) is -0.766. The summed E-state index contributed by atoms with van der Waals surface area (Å²) in [4.78, 5) is 39.6. The van der Waals surface area contributed by atoms with E-state index in [1.165, 1.54) is 6.92 Å². The third kappa shape index (κ3) is 19.6. The zero-order valence-electron chi connectivity index (χ0n) is 19.7. The van der Waals surface area contributed by atoms with Gasteiger partial charge >= 0.3 is 5.97 Å². The Balaban J connectivity index is 4.09. The highest BCUT2D eigenvalue weighted by Gasteiger charge is 2.19. The normalized spacial score (nSPS) is 12.5. The van der Waals surface area contributed by atoms with Gasteiger partial charge in [-0.3, -0.25) is 19.4 Å². The van der Waals surface area contributed by atoms with E-state index in [1.54, 1.807) is 6.92 Å². The van der Waals surface area contributed by atoms with E-state index in [4.69, 9.17) is 21.9 Å². The molecule has 0 aromatic rings. The number of carbonyl (C=O) groups is 3. The predicted molar refractivity (Wildman–Crippen MR) is 126 cm³/mol. The minimum atomic E-state index is -0.522. The van der Waals surface area contributed by atoms with Gasteiger partial charge in [0, 0.05) is 32.5 Å². The van der Waals surface area contributed by atoms with Crippen LogP contribution in [0.4, 0.5) is 0 Å². The lowest BCUT2D eigenvalue weighted by Gasteiger charge is -2.19. The van der Waals surface area contributed by atoms with Gasteiger partial charge in [0.25, 0.3) is 0 Å². The Bertz CT molecular complexity index is 568. The number of unbranched alkanes of at least 4 members (excludes halogenated alkanes) is 2. The molecule has 11 heteroatoms. The fourth-order valence-corrected chi connectivity index (χ4v) is 3.03. The second kappa shape index (κ2) is 19.3. The number of aliphatic imine (C=N–C) groups is 1. The van der Waals surface area contributed by atoms with Crippen molar-refractivity contribution in [2.45, 2.75) is 77.4 Å². The summed E-state index contributed by atoms with van der Waals surface area (Å²) in [6.45, 7) is 6.67. The van der Waals surface area contributed by atoms with Crippen LogP contribution in [0.1, 0.15) is 65.2 Å². The Morgan fingerprint density at radius 2 is 1.62 bits per heavy atom. The lowest BCUT2D eigenvalue weighted by Crippen LogP contribution is -2.39. The largest absolute Gasteiger partial charge is 0.462 e. The molecule has 0 radical (unpaired) electrons. The van der Waals surface area contributed by atoms with Gasteiger partial charge in [-0.25, -0.2) is 0 Å². The molecule has 0 heterocycles. The molecular formula is C21H43N7O4. The van der Waals surface area contributed by atoms with E-state index in [1.807, 2.05) is 0 Å². The van der Waals surface area contributed by atoms with Crippen molar-refractivity contribution in [1.82, 2.24) is 16.0 Å². The molecule has 0 saturated carbocycles. The number of nitrogens with two attached hydrogens (primary N) is 3. The second-order valence-corrected chi connectivity index (χ2v) is 7.86. The van der Waals surface area contributed by atoms with Crippen molar-refractivity contribution in [3.8, 4) is 0 Å². The number of carbonyl (C=O) groups excluding carboxylic acids is 3. The van der Waals surface area contributed by atoms with Crippen molar-refractivity contribution in [3.05, 3.63) is 0 Å². The van der Waals surface area contributed by atoms with Crippen LogP contribution >= 0.6 is 0 Å². The van der Waals surface area contributed by atoms with Crippen LogP contribution in [0.15, 0.2) is 4.99 Å². The van der Waals surface area contributed by atoms with Crippen LogP contribution in [0, 0.1) is 0 Å². The topological polar surface area (TPSA) is 187 Å². The number of hydrogen-bond acceptors (Lipinski definition) is 7. The Morgan fingerprint density at radius 1 is 0.938 bits per heavy atom. The molecule has 0 spiro atoms. The lowest BCUT2D eigenvalue weighted by atomic mass is 10.1. The minimum absolute atomic E-state index is 0.0364.